The molecule has 0 spiro atoms. The summed E-state index contributed by atoms with van der Waals surface area (Å²) in [6.07, 6.45) is 0. The van der Waals surface area contributed by atoms with Crippen molar-refractivity contribution in [2.45, 2.75) is 6.92 Å². The lowest BCUT2D eigenvalue weighted by atomic mass is 10.2. The van der Waals surface area contributed by atoms with E-state index in [4.69, 9.17) is 9.47 Å². The van der Waals surface area contributed by atoms with Gasteiger partial charge >= 0.3 is 5.97 Å². The molecule has 0 aliphatic heterocycles. The van der Waals surface area contributed by atoms with Gasteiger partial charge in [0.1, 0.15) is 13.2 Å². The zero-order valence-electron chi connectivity index (χ0n) is 11.4. The average Bonchev–Trinajstić information content (AvgIpc) is 2.46. The molecule has 0 aliphatic rings. The summed E-state index contributed by atoms with van der Waals surface area (Å²) in [5.74, 6) is 10.8. The van der Waals surface area contributed by atoms with E-state index in [2.05, 4.69) is 30.3 Å². The van der Waals surface area contributed by atoms with Crippen molar-refractivity contribution in [1.29, 1.82) is 0 Å². The molecule has 0 saturated carbocycles. The summed E-state index contributed by atoms with van der Waals surface area (Å²) in [4.78, 5) is 11.0. The van der Waals surface area contributed by atoms with Crippen LogP contribution in [0.15, 0.2) is 42.5 Å². The summed E-state index contributed by atoms with van der Waals surface area (Å²) in [5, 5.41) is 0. The zero-order chi connectivity index (χ0) is 14.6. The highest BCUT2D eigenvalue weighted by molar-refractivity contribution is 5.87. The maximum atomic E-state index is 11.0. The lowest BCUT2D eigenvalue weighted by Crippen LogP contribution is -2.04. The molecule has 0 bridgehead atoms. The van der Waals surface area contributed by atoms with E-state index >= 15 is 0 Å². The second-order valence-electron chi connectivity index (χ2n) is 3.87. The fraction of sp³-hybridized carbons (Fsp3) is 0.235. The summed E-state index contributed by atoms with van der Waals surface area (Å²) < 4.78 is 10.00. The Hall–Kier alpha value is -2.49. The van der Waals surface area contributed by atoms with Gasteiger partial charge in [0.25, 0.3) is 0 Å². The van der Waals surface area contributed by atoms with E-state index < -0.39 is 5.97 Å². The highest BCUT2D eigenvalue weighted by atomic mass is 16.5. The molecule has 0 radical (unpaired) electrons. The first-order valence-corrected chi connectivity index (χ1v) is 6.10. The van der Waals surface area contributed by atoms with Crippen molar-refractivity contribution < 1.29 is 14.3 Å². The van der Waals surface area contributed by atoms with Gasteiger partial charge in [0.15, 0.2) is 6.61 Å². The summed E-state index contributed by atoms with van der Waals surface area (Å²) in [6, 6.07) is 9.68. The number of benzene rings is 1. The molecule has 0 fully saturated rings. The van der Waals surface area contributed by atoms with Crippen LogP contribution in [0.25, 0.3) is 0 Å². The van der Waals surface area contributed by atoms with Gasteiger partial charge in [-0.05, 0) is 19.1 Å². The monoisotopic (exact) mass is 268 g/mol. The SMILES string of the molecule is C=C(C)C(=O)OCC#CCOCC#Cc1ccccc1. The quantitative estimate of drug-likeness (QED) is 0.363. The maximum absolute atomic E-state index is 11.0. The largest absolute Gasteiger partial charge is 0.449 e. The van der Waals surface area contributed by atoms with Gasteiger partial charge in [0.05, 0.1) is 0 Å². The van der Waals surface area contributed by atoms with Gasteiger partial charge < -0.3 is 9.47 Å². The lowest BCUT2D eigenvalue weighted by molar-refractivity contribution is -0.137. The van der Waals surface area contributed by atoms with Crippen LogP contribution in [0, 0.1) is 23.7 Å². The van der Waals surface area contributed by atoms with Gasteiger partial charge in [-0.25, -0.2) is 4.79 Å². The number of rotatable bonds is 4. The Bertz CT molecular complexity index is 565. The third-order valence-corrected chi connectivity index (χ3v) is 2.10. The zero-order valence-corrected chi connectivity index (χ0v) is 11.4. The van der Waals surface area contributed by atoms with E-state index in [9.17, 15) is 4.79 Å². The summed E-state index contributed by atoms with van der Waals surface area (Å²) >= 11 is 0. The fourth-order valence-corrected chi connectivity index (χ4v) is 1.14. The molecule has 1 rings (SSSR count). The minimum atomic E-state index is -0.436. The second-order valence-corrected chi connectivity index (χ2v) is 3.87. The Labute approximate surface area is 119 Å². The van der Waals surface area contributed by atoms with Crippen molar-refractivity contribution in [2.24, 2.45) is 0 Å². The predicted octanol–water partition coefficient (Wildman–Crippen LogP) is 2.18. The minimum absolute atomic E-state index is 0.0464. The van der Waals surface area contributed by atoms with Gasteiger partial charge in [0, 0.05) is 11.1 Å². The molecule has 0 saturated heterocycles. The molecule has 0 unspecified atom stereocenters. The normalized spacial score (nSPS) is 8.65. The average molecular weight is 268 g/mol. The molecule has 0 N–H and O–H groups in total. The lowest BCUT2D eigenvalue weighted by Gasteiger charge is -1.97. The molecule has 102 valence electrons. The van der Waals surface area contributed by atoms with Crippen molar-refractivity contribution >= 4 is 5.97 Å². The van der Waals surface area contributed by atoms with E-state index in [0.717, 1.165) is 5.56 Å². The summed E-state index contributed by atoms with van der Waals surface area (Å²) in [7, 11) is 0. The number of hydrogen-bond acceptors (Lipinski definition) is 3. The standard InChI is InChI=1S/C17H16O3/c1-15(2)17(18)20-14-7-6-12-19-13-8-11-16-9-4-3-5-10-16/h3-5,9-10H,1,12-14H2,2H3. The molecule has 0 heterocycles. The van der Waals surface area contributed by atoms with Crippen molar-refractivity contribution in [3.05, 3.63) is 48.0 Å². The molecule has 0 atom stereocenters. The van der Waals surface area contributed by atoms with Crippen molar-refractivity contribution in [3.63, 3.8) is 0 Å². The Morgan fingerprint density at radius 3 is 2.45 bits per heavy atom. The van der Waals surface area contributed by atoms with Gasteiger partial charge in [-0.2, -0.15) is 0 Å². The van der Waals surface area contributed by atoms with Crippen LogP contribution >= 0.6 is 0 Å². The molecule has 1 aromatic rings. The molecule has 0 amide bonds. The number of hydrogen-bond donors (Lipinski definition) is 0. The van der Waals surface area contributed by atoms with Crippen molar-refractivity contribution in [1.82, 2.24) is 0 Å². The van der Waals surface area contributed by atoms with E-state index in [-0.39, 0.29) is 13.2 Å². The van der Waals surface area contributed by atoms with Crippen LogP contribution in [-0.4, -0.2) is 25.8 Å². The van der Waals surface area contributed by atoms with Crippen molar-refractivity contribution in [2.75, 3.05) is 19.8 Å². The first-order chi connectivity index (χ1) is 9.70. The molecular formula is C17H16O3. The number of carbonyl (C=O) groups is 1. The molecular weight excluding hydrogens is 252 g/mol. The first kappa shape index (κ1) is 15.6. The van der Waals surface area contributed by atoms with Crippen LogP contribution in [0.4, 0.5) is 0 Å². The Balaban J connectivity index is 2.13. The Morgan fingerprint density at radius 1 is 1.10 bits per heavy atom. The molecule has 20 heavy (non-hydrogen) atoms. The van der Waals surface area contributed by atoms with Gasteiger partial charge in [-0.1, -0.05) is 48.5 Å². The number of ether oxygens (including phenoxy) is 2. The van der Waals surface area contributed by atoms with E-state index in [1.165, 1.54) is 0 Å². The second kappa shape index (κ2) is 9.44. The Kier molecular flexibility index (Phi) is 7.35. The van der Waals surface area contributed by atoms with Crippen LogP contribution in [-0.2, 0) is 14.3 Å². The van der Waals surface area contributed by atoms with Crippen molar-refractivity contribution in [3.8, 4) is 23.7 Å². The van der Waals surface area contributed by atoms with E-state index in [0.29, 0.717) is 12.2 Å². The van der Waals surface area contributed by atoms with Gasteiger partial charge in [-0.3, -0.25) is 0 Å². The van der Waals surface area contributed by atoms with Crippen LogP contribution in [0.5, 0.6) is 0 Å². The van der Waals surface area contributed by atoms with Crippen LogP contribution in [0.3, 0.4) is 0 Å². The topological polar surface area (TPSA) is 35.5 Å². The third-order valence-electron chi connectivity index (χ3n) is 2.10. The van der Waals surface area contributed by atoms with E-state index in [1.54, 1.807) is 6.92 Å². The van der Waals surface area contributed by atoms with E-state index in [1.807, 2.05) is 30.3 Å². The van der Waals surface area contributed by atoms with Gasteiger partial charge in [-0.15, -0.1) is 0 Å². The smallest absolute Gasteiger partial charge is 0.334 e. The summed E-state index contributed by atoms with van der Waals surface area (Å²) in [6.45, 7) is 5.67. The fourth-order valence-electron chi connectivity index (χ4n) is 1.14. The molecule has 0 aliphatic carbocycles. The molecule has 3 heteroatoms. The Morgan fingerprint density at radius 2 is 1.75 bits per heavy atom. The van der Waals surface area contributed by atoms with Crippen LogP contribution < -0.4 is 0 Å². The van der Waals surface area contributed by atoms with Gasteiger partial charge in [0.2, 0.25) is 0 Å². The molecule has 3 nitrogen and oxygen atoms in total. The highest BCUT2D eigenvalue weighted by Crippen LogP contribution is 1.94. The molecule has 1 aromatic carbocycles. The number of carbonyl (C=O) groups excluding carboxylic acids is 1. The van der Waals surface area contributed by atoms with Crippen LogP contribution in [0.2, 0.25) is 0 Å². The minimum Gasteiger partial charge on any atom is -0.449 e. The maximum Gasteiger partial charge on any atom is 0.334 e. The predicted molar refractivity (Wildman–Crippen MR) is 77.7 cm³/mol. The third kappa shape index (κ3) is 7.06. The summed E-state index contributed by atoms with van der Waals surface area (Å²) in [5.41, 5.74) is 1.31. The molecule has 0 aromatic heterocycles. The first-order valence-electron chi connectivity index (χ1n) is 6.10. The van der Waals surface area contributed by atoms with Crippen LogP contribution in [0.1, 0.15) is 12.5 Å². The number of esters is 1. The highest BCUT2D eigenvalue weighted by Gasteiger charge is 1.99.